The molecule has 4 heteroatoms. The maximum Gasteiger partial charge on any atom is 0.338 e. The summed E-state index contributed by atoms with van der Waals surface area (Å²) >= 11 is 0. The van der Waals surface area contributed by atoms with Crippen LogP contribution in [0.5, 0.6) is 0 Å². The topological polar surface area (TPSA) is 66.8 Å². The molecule has 4 nitrogen and oxygen atoms in total. The van der Waals surface area contributed by atoms with Crippen molar-refractivity contribution in [3.63, 3.8) is 0 Å². The van der Waals surface area contributed by atoms with Crippen LogP contribution in [0.3, 0.4) is 0 Å². The van der Waals surface area contributed by atoms with E-state index in [2.05, 4.69) is 0 Å². The van der Waals surface area contributed by atoms with Crippen molar-refractivity contribution < 1.29 is 19.7 Å². The van der Waals surface area contributed by atoms with Crippen LogP contribution in [0.2, 0.25) is 0 Å². The molecule has 0 heterocycles. The number of carbonyl (C=O) groups is 1. The standard InChI is InChI=1S/C12H24O4/c1-10(2,3)16-9(13)12(6,15)8-7-11(4,5)14/h14-15H,7-8H2,1-6H3/t12-/m0/s1. The lowest BCUT2D eigenvalue weighted by atomic mass is 9.93. The maximum absolute atomic E-state index is 11.6. The van der Waals surface area contributed by atoms with Gasteiger partial charge in [-0.25, -0.2) is 4.79 Å². The fourth-order valence-electron chi connectivity index (χ4n) is 1.04. The van der Waals surface area contributed by atoms with Gasteiger partial charge in [0.05, 0.1) is 5.60 Å². The molecular weight excluding hydrogens is 208 g/mol. The Hall–Kier alpha value is -0.610. The molecule has 16 heavy (non-hydrogen) atoms. The van der Waals surface area contributed by atoms with Crippen LogP contribution >= 0.6 is 0 Å². The third kappa shape index (κ3) is 6.80. The first-order valence-corrected chi connectivity index (χ1v) is 5.52. The van der Waals surface area contributed by atoms with Crippen LogP contribution in [0.15, 0.2) is 0 Å². The van der Waals surface area contributed by atoms with Crippen molar-refractivity contribution in [3.05, 3.63) is 0 Å². The second-order valence-corrected chi connectivity index (χ2v) is 6.09. The summed E-state index contributed by atoms with van der Waals surface area (Å²) < 4.78 is 5.10. The fraction of sp³-hybridized carbons (Fsp3) is 0.917. The van der Waals surface area contributed by atoms with E-state index in [9.17, 15) is 15.0 Å². The predicted molar refractivity (Wildman–Crippen MR) is 62.0 cm³/mol. The van der Waals surface area contributed by atoms with Crippen LogP contribution in [0, 0.1) is 0 Å². The molecule has 2 N–H and O–H groups in total. The average Bonchev–Trinajstić information content (AvgIpc) is 1.96. The van der Waals surface area contributed by atoms with Gasteiger partial charge >= 0.3 is 5.97 Å². The highest BCUT2D eigenvalue weighted by atomic mass is 16.6. The molecule has 0 bridgehead atoms. The zero-order chi connectivity index (χ0) is 13.2. The Kier molecular flexibility index (Phi) is 4.54. The first kappa shape index (κ1) is 15.4. The zero-order valence-electron chi connectivity index (χ0n) is 11.1. The van der Waals surface area contributed by atoms with Gasteiger partial charge in [0.25, 0.3) is 0 Å². The van der Waals surface area contributed by atoms with Crippen LogP contribution < -0.4 is 0 Å². The number of esters is 1. The van der Waals surface area contributed by atoms with Crippen LogP contribution in [0.25, 0.3) is 0 Å². The summed E-state index contributed by atoms with van der Waals surface area (Å²) in [6, 6.07) is 0. The number of hydrogen-bond donors (Lipinski definition) is 2. The van der Waals surface area contributed by atoms with Gasteiger partial charge in [-0.1, -0.05) is 0 Å². The van der Waals surface area contributed by atoms with Gasteiger partial charge in [-0.2, -0.15) is 0 Å². The monoisotopic (exact) mass is 232 g/mol. The zero-order valence-corrected chi connectivity index (χ0v) is 11.1. The van der Waals surface area contributed by atoms with Gasteiger partial charge < -0.3 is 14.9 Å². The van der Waals surface area contributed by atoms with Crippen molar-refractivity contribution in [2.24, 2.45) is 0 Å². The van der Waals surface area contributed by atoms with Gasteiger partial charge in [0.15, 0.2) is 5.60 Å². The molecule has 0 unspecified atom stereocenters. The minimum atomic E-state index is -1.55. The Morgan fingerprint density at radius 3 is 1.75 bits per heavy atom. The predicted octanol–water partition coefficient (Wildman–Crippen LogP) is 1.63. The highest BCUT2D eigenvalue weighted by molar-refractivity contribution is 5.79. The molecule has 0 amide bonds. The molecule has 0 fully saturated rings. The molecule has 0 aromatic heterocycles. The number of ether oxygens (including phenoxy) is 1. The first-order chi connectivity index (χ1) is 6.83. The lowest BCUT2D eigenvalue weighted by molar-refractivity contribution is -0.176. The molecule has 1 atom stereocenters. The number of carbonyl (C=O) groups excluding carboxylic acids is 1. The van der Waals surface area contributed by atoms with Crippen molar-refractivity contribution in [2.45, 2.75) is 71.2 Å². The van der Waals surface area contributed by atoms with E-state index in [1.165, 1.54) is 6.92 Å². The smallest absolute Gasteiger partial charge is 0.338 e. The van der Waals surface area contributed by atoms with Gasteiger partial charge in [-0.3, -0.25) is 0 Å². The maximum atomic E-state index is 11.6. The normalized spacial score (nSPS) is 16.8. The highest BCUT2D eigenvalue weighted by Gasteiger charge is 2.35. The summed E-state index contributed by atoms with van der Waals surface area (Å²) in [5.41, 5.74) is -3.06. The molecule has 0 aliphatic carbocycles. The lowest BCUT2D eigenvalue weighted by Crippen LogP contribution is -2.42. The second kappa shape index (κ2) is 4.72. The van der Waals surface area contributed by atoms with Crippen LogP contribution in [-0.4, -0.2) is 33.0 Å². The van der Waals surface area contributed by atoms with E-state index in [-0.39, 0.29) is 6.42 Å². The van der Waals surface area contributed by atoms with E-state index in [4.69, 9.17) is 4.74 Å². The van der Waals surface area contributed by atoms with Crippen LogP contribution in [-0.2, 0) is 9.53 Å². The van der Waals surface area contributed by atoms with E-state index in [1.807, 2.05) is 0 Å². The van der Waals surface area contributed by atoms with E-state index in [0.717, 1.165) is 0 Å². The summed E-state index contributed by atoms with van der Waals surface area (Å²) in [6.45, 7) is 9.92. The summed E-state index contributed by atoms with van der Waals surface area (Å²) in [5.74, 6) is -0.649. The molecule has 96 valence electrons. The molecule has 0 rings (SSSR count). The second-order valence-electron chi connectivity index (χ2n) is 6.09. The van der Waals surface area contributed by atoms with E-state index in [0.29, 0.717) is 6.42 Å². The highest BCUT2D eigenvalue weighted by Crippen LogP contribution is 2.22. The Morgan fingerprint density at radius 2 is 1.44 bits per heavy atom. The fourth-order valence-corrected chi connectivity index (χ4v) is 1.04. The molecule has 0 spiro atoms. The molecule has 0 aromatic carbocycles. The molecule has 0 aliphatic heterocycles. The Bertz CT molecular complexity index is 243. The third-order valence-corrected chi connectivity index (χ3v) is 2.06. The van der Waals surface area contributed by atoms with E-state index < -0.39 is 22.8 Å². The molecular formula is C12H24O4. The van der Waals surface area contributed by atoms with E-state index >= 15 is 0 Å². The molecule has 0 radical (unpaired) electrons. The number of aliphatic hydroxyl groups is 2. The summed E-state index contributed by atoms with van der Waals surface area (Å²) in [4.78, 5) is 11.6. The van der Waals surface area contributed by atoms with E-state index in [1.54, 1.807) is 34.6 Å². The first-order valence-electron chi connectivity index (χ1n) is 5.52. The van der Waals surface area contributed by atoms with Gasteiger partial charge in [0.1, 0.15) is 5.60 Å². The number of rotatable bonds is 4. The third-order valence-electron chi connectivity index (χ3n) is 2.06. The average molecular weight is 232 g/mol. The Labute approximate surface area is 97.6 Å². The molecule has 0 saturated heterocycles. The lowest BCUT2D eigenvalue weighted by Gasteiger charge is -2.29. The van der Waals surface area contributed by atoms with Crippen molar-refractivity contribution in [1.82, 2.24) is 0 Å². The van der Waals surface area contributed by atoms with Crippen molar-refractivity contribution in [1.29, 1.82) is 0 Å². The van der Waals surface area contributed by atoms with Gasteiger partial charge in [0, 0.05) is 0 Å². The van der Waals surface area contributed by atoms with Crippen molar-refractivity contribution in [3.8, 4) is 0 Å². The van der Waals surface area contributed by atoms with Crippen LogP contribution in [0.1, 0.15) is 54.4 Å². The minimum absolute atomic E-state index is 0.172. The van der Waals surface area contributed by atoms with Gasteiger partial charge in [-0.15, -0.1) is 0 Å². The van der Waals surface area contributed by atoms with Gasteiger partial charge in [0.2, 0.25) is 0 Å². The quantitative estimate of drug-likeness (QED) is 0.723. The SMILES string of the molecule is CC(C)(O)CC[C@](C)(O)C(=O)OC(C)(C)C. The summed E-state index contributed by atoms with van der Waals surface area (Å²) in [6.07, 6.45) is 0.505. The van der Waals surface area contributed by atoms with Gasteiger partial charge in [-0.05, 0) is 54.4 Å². The Balaban J connectivity index is 4.38. The van der Waals surface area contributed by atoms with Crippen molar-refractivity contribution >= 4 is 5.97 Å². The molecule has 0 aliphatic rings. The largest absolute Gasteiger partial charge is 0.458 e. The van der Waals surface area contributed by atoms with Crippen LogP contribution in [0.4, 0.5) is 0 Å². The number of hydrogen-bond acceptors (Lipinski definition) is 4. The Morgan fingerprint density at radius 1 is 1.00 bits per heavy atom. The van der Waals surface area contributed by atoms with Crippen molar-refractivity contribution in [2.75, 3.05) is 0 Å². The summed E-state index contributed by atoms with van der Waals surface area (Å²) in [7, 11) is 0. The molecule has 0 saturated carbocycles. The molecule has 0 aromatic rings. The minimum Gasteiger partial charge on any atom is -0.458 e. The summed E-state index contributed by atoms with van der Waals surface area (Å²) in [5, 5.41) is 19.5.